The molecule has 0 aliphatic heterocycles. The molecule has 1 rings (SSSR count). The number of benzene rings is 1. The molecule has 1 aromatic carbocycles. The molecule has 1 heteroatoms. The number of nitrogens with one attached hydrogen (secondary N) is 1. The van der Waals surface area contributed by atoms with Gasteiger partial charge in [-0.3, -0.25) is 0 Å². The molecule has 0 saturated heterocycles. The highest BCUT2D eigenvalue weighted by Gasteiger charge is 2.02. The fourth-order valence-electron chi connectivity index (χ4n) is 2.22. The summed E-state index contributed by atoms with van der Waals surface area (Å²) < 4.78 is 0. The van der Waals surface area contributed by atoms with E-state index in [4.69, 9.17) is 0 Å². The van der Waals surface area contributed by atoms with Gasteiger partial charge in [-0.25, -0.2) is 0 Å². The van der Waals surface area contributed by atoms with Crippen molar-refractivity contribution in [3.63, 3.8) is 0 Å². The Hall–Kier alpha value is -0.820. The van der Waals surface area contributed by atoms with Gasteiger partial charge in [-0.2, -0.15) is 0 Å². The molecule has 0 spiro atoms. The number of unbranched alkanes of at least 4 members (excludes halogenated alkanes) is 1. The molecule has 1 nitrogen and oxygen atoms in total. The van der Waals surface area contributed by atoms with Crippen molar-refractivity contribution >= 4 is 0 Å². The lowest BCUT2D eigenvalue weighted by Gasteiger charge is -2.10. The molecule has 0 heterocycles. The molecule has 0 amide bonds. The third-order valence-corrected chi connectivity index (χ3v) is 3.36. The molecule has 0 bridgehead atoms. The van der Waals surface area contributed by atoms with Crippen molar-refractivity contribution in [2.24, 2.45) is 0 Å². The Balaban J connectivity index is 2.49. The number of aryl methyl sites for hydroxylation is 3. The Morgan fingerprint density at radius 1 is 0.941 bits per heavy atom. The van der Waals surface area contributed by atoms with Crippen LogP contribution in [0.15, 0.2) is 18.2 Å². The lowest BCUT2D eigenvalue weighted by molar-refractivity contribution is 0.639. The zero-order valence-corrected chi connectivity index (χ0v) is 11.7. The van der Waals surface area contributed by atoms with Crippen LogP contribution in [0.4, 0.5) is 0 Å². The molecule has 0 aromatic heterocycles. The summed E-state index contributed by atoms with van der Waals surface area (Å²) in [5.41, 5.74) is 4.58. The minimum absolute atomic E-state index is 1.09. The second-order valence-electron chi connectivity index (χ2n) is 4.62. The first-order valence-electron chi connectivity index (χ1n) is 7.13. The lowest BCUT2D eigenvalue weighted by atomic mass is 9.97. The minimum atomic E-state index is 1.09. The predicted molar refractivity (Wildman–Crippen MR) is 76.7 cm³/mol. The van der Waals surface area contributed by atoms with Gasteiger partial charge in [0, 0.05) is 0 Å². The molecule has 0 radical (unpaired) electrons. The molecule has 0 aliphatic rings. The van der Waals surface area contributed by atoms with Crippen LogP contribution in [-0.2, 0) is 19.3 Å². The summed E-state index contributed by atoms with van der Waals surface area (Å²) in [7, 11) is 0. The van der Waals surface area contributed by atoms with Gasteiger partial charge in [0.05, 0.1) is 0 Å². The molecule has 96 valence electrons. The maximum absolute atomic E-state index is 3.39. The van der Waals surface area contributed by atoms with Crippen LogP contribution in [0.5, 0.6) is 0 Å². The highest BCUT2D eigenvalue weighted by atomic mass is 14.8. The fourth-order valence-corrected chi connectivity index (χ4v) is 2.22. The monoisotopic (exact) mass is 233 g/mol. The van der Waals surface area contributed by atoms with Crippen molar-refractivity contribution in [1.82, 2.24) is 5.32 Å². The van der Waals surface area contributed by atoms with Gasteiger partial charge in [-0.1, -0.05) is 39.0 Å². The van der Waals surface area contributed by atoms with E-state index in [1.165, 1.54) is 30.4 Å². The van der Waals surface area contributed by atoms with Gasteiger partial charge in [0.15, 0.2) is 0 Å². The van der Waals surface area contributed by atoms with Crippen molar-refractivity contribution in [3.8, 4) is 0 Å². The first-order valence-corrected chi connectivity index (χ1v) is 7.13. The SMILES string of the molecule is CCNCCCCc1cc(CC)ccc1CC. The minimum Gasteiger partial charge on any atom is -0.317 e. The average Bonchev–Trinajstić information content (AvgIpc) is 2.38. The van der Waals surface area contributed by atoms with E-state index in [1.807, 2.05) is 0 Å². The third-order valence-electron chi connectivity index (χ3n) is 3.36. The van der Waals surface area contributed by atoms with Crippen LogP contribution in [0.3, 0.4) is 0 Å². The Morgan fingerprint density at radius 2 is 1.76 bits per heavy atom. The van der Waals surface area contributed by atoms with Gasteiger partial charge in [-0.15, -0.1) is 0 Å². The van der Waals surface area contributed by atoms with E-state index in [0.29, 0.717) is 0 Å². The van der Waals surface area contributed by atoms with Crippen LogP contribution in [-0.4, -0.2) is 13.1 Å². The van der Waals surface area contributed by atoms with Gasteiger partial charge in [-0.05, 0) is 61.9 Å². The van der Waals surface area contributed by atoms with Gasteiger partial charge < -0.3 is 5.32 Å². The van der Waals surface area contributed by atoms with Crippen molar-refractivity contribution in [2.75, 3.05) is 13.1 Å². The molecule has 0 atom stereocenters. The number of hydrogen-bond donors (Lipinski definition) is 1. The van der Waals surface area contributed by atoms with Crippen molar-refractivity contribution in [3.05, 3.63) is 34.9 Å². The molecule has 1 aromatic rings. The highest BCUT2D eigenvalue weighted by molar-refractivity contribution is 5.32. The second-order valence-corrected chi connectivity index (χ2v) is 4.62. The van der Waals surface area contributed by atoms with Gasteiger partial charge in [0.2, 0.25) is 0 Å². The third kappa shape index (κ3) is 4.91. The van der Waals surface area contributed by atoms with Gasteiger partial charge in [0.1, 0.15) is 0 Å². The largest absolute Gasteiger partial charge is 0.317 e. The standard InChI is InChI=1S/C16H27N/c1-4-14-10-11-15(5-2)16(13-14)9-7-8-12-17-6-3/h10-11,13,17H,4-9,12H2,1-3H3. The molecule has 0 fully saturated rings. The maximum atomic E-state index is 3.39. The average molecular weight is 233 g/mol. The van der Waals surface area contributed by atoms with Gasteiger partial charge >= 0.3 is 0 Å². The maximum Gasteiger partial charge on any atom is -0.00489 e. The molecule has 0 aliphatic carbocycles. The van der Waals surface area contributed by atoms with E-state index in [9.17, 15) is 0 Å². The normalized spacial score (nSPS) is 10.8. The molecule has 1 N–H and O–H groups in total. The summed E-state index contributed by atoms with van der Waals surface area (Å²) in [6.45, 7) is 8.90. The molecule has 0 unspecified atom stereocenters. The van der Waals surface area contributed by atoms with E-state index < -0.39 is 0 Å². The summed E-state index contributed by atoms with van der Waals surface area (Å²) in [5, 5.41) is 3.39. The van der Waals surface area contributed by atoms with Crippen molar-refractivity contribution in [1.29, 1.82) is 0 Å². The smallest absolute Gasteiger partial charge is 0.00489 e. The number of hydrogen-bond acceptors (Lipinski definition) is 1. The molecule has 0 saturated carbocycles. The van der Waals surface area contributed by atoms with Crippen molar-refractivity contribution < 1.29 is 0 Å². The summed E-state index contributed by atoms with van der Waals surface area (Å²) in [6, 6.07) is 7.01. The number of rotatable bonds is 8. The molecule has 17 heavy (non-hydrogen) atoms. The molecular weight excluding hydrogens is 206 g/mol. The van der Waals surface area contributed by atoms with Crippen LogP contribution in [0.1, 0.15) is 50.3 Å². The zero-order chi connectivity index (χ0) is 12.5. The first-order chi connectivity index (χ1) is 8.31. The van der Waals surface area contributed by atoms with Gasteiger partial charge in [0.25, 0.3) is 0 Å². The Morgan fingerprint density at radius 3 is 2.41 bits per heavy atom. The summed E-state index contributed by atoms with van der Waals surface area (Å²) in [4.78, 5) is 0. The van der Waals surface area contributed by atoms with E-state index in [-0.39, 0.29) is 0 Å². The quantitative estimate of drug-likeness (QED) is 0.674. The lowest BCUT2D eigenvalue weighted by Crippen LogP contribution is -2.14. The summed E-state index contributed by atoms with van der Waals surface area (Å²) in [5.74, 6) is 0. The van der Waals surface area contributed by atoms with Crippen LogP contribution in [0, 0.1) is 0 Å². The highest BCUT2D eigenvalue weighted by Crippen LogP contribution is 2.16. The van der Waals surface area contributed by atoms with Crippen LogP contribution >= 0.6 is 0 Å². The van der Waals surface area contributed by atoms with E-state index in [2.05, 4.69) is 44.3 Å². The van der Waals surface area contributed by atoms with Crippen LogP contribution in [0.2, 0.25) is 0 Å². The van der Waals surface area contributed by atoms with E-state index in [1.54, 1.807) is 5.56 Å². The topological polar surface area (TPSA) is 12.0 Å². The Bertz CT molecular complexity index is 317. The summed E-state index contributed by atoms with van der Waals surface area (Å²) >= 11 is 0. The predicted octanol–water partition coefficient (Wildman–Crippen LogP) is 3.74. The second kappa shape index (κ2) is 8.30. The fraction of sp³-hybridized carbons (Fsp3) is 0.625. The van der Waals surface area contributed by atoms with Crippen LogP contribution < -0.4 is 5.32 Å². The van der Waals surface area contributed by atoms with Crippen molar-refractivity contribution in [2.45, 2.75) is 52.9 Å². The van der Waals surface area contributed by atoms with E-state index >= 15 is 0 Å². The Labute approximate surface area is 107 Å². The Kier molecular flexibility index (Phi) is 6.95. The zero-order valence-electron chi connectivity index (χ0n) is 11.7. The van der Waals surface area contributed by atoms with E-state index in [0.717, 1.165) is 25.9 Å². The van der Waals surface area contributed by atoms with Crippen LogP contribution in [0.25, 0.3) is 0 Å². The molecular formula is C16H27N. The first kappa shape index (κ1) is 14.2. The summed E-state index contributed by atoms with van der Waals surface area (Å²) in [6.07, 6.45) is 6.13.